The minimum atomic E-state index is -0.250. The van der Waals surface area contributed by atoms with Crippen LogP contribution in [0.5, 0.6) is 11.5 Å². The van der Waals surface area contributed by atoms with Crippen LogP contribution in [0.4, 0.5) is 4.79 Å². The van der Waals surface area contributed by atoms with E-state index in [1.807, 2.05) is 24.0 Å². The number of amides is 1. The van der Waals surface area contributed by atoms with Gasteiger partial charge in [-0.25, -0.2) is 4.79 Å². The van der Waals surface area contributed by atoms with Crippen molar-refractivity contribution in [1.29, 1.82) is 0 Å². The number of carbonyl (C=O) groups excluding carboxylic acids is 1. The van der Waals surface area contributed by atoms with Crippen molar-refractivity contribution in [3.05, 3.63) is 35.4 Å². The Bertz CT molecular complexity index is 665. The summed E-state index contributed by atoms with van der Waals surface area (Å²) in [5.41, 5.74) is 2.18. The Morgan fingerprint density at radius 3 is 2.83 bits per heavy atom. The predicted octanol–water partition coefficient (Wildman–Crippen LogP) is 3.87. The van der Waals surface area contributed by atoms with Crippen LogP contribution >= 0.6 is 0 Å². The highest BCUT2D eigenvalue weighted by Crippen LogP contribution is 2.41. The van der Waals surface area contributed by atoms with Gasteiger partial charge in [0.15, 0.2) is 11.5 Å². The summed E-state index contributed by atoms with van der Waals surface area (Å²) in [6.45, 7) is 9.52. The average Bonchev–Trinajstić information content (AvgIpc) is 3.02. The molecule has 0 aliphatic carbocycles. The van der Waals surface area contributed by atoms with Gasteiger partial charge in [-0.15, -0.1) is 0 Å². The fourth-order valence-electron chi connectivity index (χ4n) is 3.42. The summed E-state index contributed by atoms with van der Waals surface area (Å²) >= 11 is 0. The summed E-state index contributed by atoms with van der Waals surface area (Å²) in [5.74, 6) is 1.54. The molecular formula is C19H25NO4. The smallest absolute Gasteiger partial charge is 0.410 e. The van der Waals surface area contributed by atoms with Crippen LogP contribution in [0, 0.1) is 0 Å². The van der Waals surface area contributed by atoms with Crippen LogP contribution in [-0.2, 0) is 10.2 Å². The lowest BCUT2D eigenvalue weighted by Crippen LogP contribution is -2.52. The Labute approximate surface area is 143 Å². The largest absolute Gasteiger partial charge is 0.454 e. The average molecular weight is 331 g/mol. The van der Waals surface area contributed by atoms with Crippen molar-refractivity contribution in [2.45, 2.75) is 45.6 Å². The van der Waals surface area contributed by atoms with Gasteiger partial charge in [-0.05, 0) is 38.0 Å². The van der Waals surface area contributed by atoms with E-state index in [9.17, 15) is 4.79 Å². The molecule has 0 bridgehead atoms. The number of hydrogen-bond donors (Lipinski definition) is 0. The Morgan fingerprint density at radius 1 is 1.33 bits per heavy atom. The van der Waals surface area contributed by atoms with Crippen molar-refractivity contribution in [3.8, 4) is 11.5 Å². The van der Waals surface area contributed by atoms with Crippen LogP contribution in [0.2, 0.25) is 0 Å². The van der Waals surface area contributed by atoms with E-state index in [2.05, 4.69) is 32.9 Å². The van der Waals surface area contributed by atoms with Gasteiger partial charge in [0.25, 0.3) is 0 Å². The van der Waals surface area contributed by atoms with Crippen LogP contribution in [-0.4, -0.2) is 37.0 Å². The second kappa shape index (κ2) is 6.38. The van der Waals surface area contributed by atoms with E-state index >= 15 is 0 Å². The van der Waals surface area contributed by atoms with Gasteiger partial charge in [0.2, 0.25) is 6.79 Å². The zero-order chi connectivity index (χ0) is 17.3. The van der Waals surface area contributed by atoms with E-state index in [0.717, 1.165) is 23.5 Å². The maximum Gasteiger partial charge on any atom is 0.410 e. The SMILES string of the molecule is CCOC(=O)N1CC=C(C)CC1C(C)(C)c1ccc2c(c1)OCO2. The molecule has 0 aromatic heterocycles. The molecule has 5 heteroatoms. The second-order valence-corrected chi connectivity index (χ2v) is 6.91. The summed E-state index contributed by atoms with van der Waals surface area (Å²) in [5, 5.41) is 0. The minimum absolute atomic E-state index is 0.0296. The van der Waals surface area contributed by atoms with Gasteiger partial charge in [-0.2, -0.15) is 0 Å². The first kappa shape index (κ1) is 16.7. The second-order valence-electron chi connectivity index (χ2n) is 6.91. The highest BCUT2D eigenvalue weighted by molar-refractivity contribution is 5.69. The Morgan fingerprint density at radius 2 is 2.08 bits per heavy atom. The molecule has 2 aliphatic rings. The van der Waals surface area contributed by atoms with Gasteiger partial charge < -0.3 is 19.1 Å². The van der Waals surface area contributed by atoms with Crippen molar-refractivity contribution in [3.63, 3.8) is 0 Å². The van der Waals surface area contributed by atoms with Crippen LogP contribution in [0.25, 0.3) is 0 Å². The van der Waals surface area contributed by atoms with Crippen molar-refractivity contribution in [2.75, 3.05) is 19.9 Å². The zero-order valence-electron chi connectivity index (χ0n) is 14.8. The van der Waals surface area contributed by atoms with Crippen LogP contribution < -0.4 is 9.47 Å². The highest BCUT2D eigenvalue weighted by atomic mass is 16.7. The normalized spacial score (nSPS) is 19.9. The molecule has 3 rings (SSSR count). The summed E-state index contributed by atoms with van der Waals surface area (Å²) in [4.78, 5) is 14.2. The molecule has 2 heterocycles. The lowest BCUT2D eigenvalue weighted by molar-refractivity contribution is 0.0746. The molecule has 1 aromatic rings. The molecule has 1 aromatic carbocycles. The summed E-state index contributed by atoms with van der Waals surface area (Å²) in [7, 11) is 0. The van der Waals surface area contributed by atoms with E-state index in [-0.39, 0.29) is 24.3 Å². The molecule has 0 fully saturated rings. The standard InChI is InChI=1S/C19H25NO4/c1-5-22-18(21)20-9-8-13(2)10-17(20)19(3,4)14-6-7-15-16(11-14)24-12-23-15/h6-8,11,17H,5,9-10,12H2,1-4H3. The summed E-state index contributed by atoms with van der Waals surface area (Å²) in [6.07, 6.45) is 2.68. The third-order valence-corrected chi connectivity index (χ3v) is 4.98. The highest BCUT2D eigenvalue weighted by Gasteiger charge is 2.40. The Hall–Kier alpha value is -2.17. The number of benzene rings is 1. The van der Waals surface area contributed by atoms with E-state index in [1.165, 1.54) is 5.57 Å². The molecule has 2 aliphatic heterocycles. The molecule has 5 nitrogen and oxygen atoms in total. The van der Waals surface area contributed by atoms with Crippen molar-refractivity contribution in [2.24, 2.45) is 0 Å². The molecular weight excluding hydrogens is 306 g/mol. The molecule has 1 unspecified atom stereocenters. The topological polar surface area (TPSA) is 48.0 Å². The summed E-state index contributed by atoms with van der Waals surface area (Å²) in [6, 6.07) is 6.06. The van der Waals surface area contributed by atoms with Gasteiger partial charge in [0.1, 0.15) is 0 Å². The monoisotopic (exact) mass is 331 g/mol. The van der Waals surface area contributed by atoms with Gasteiger partial charge in [0.05, 0.1) is 6.61 Å². The fraction of sp³-hybridized carbons (Fsp3) is 0.526. The van der Waals surface area contributed by atoms with Crippen molar-refractivity contribution in [1.82, 2.24) is 4.90 Å². The zero-order valence-corrected chi connectivity index (χ0v) is 14.8. The predicted molar refractivity (Wildman–Crippen MR) is 91.5 cm³/mol. The molecule has 130 valence electrons. The lowest BCUT2D eigenvalue weighted by Gasteiger charge is -2.44. The first-order valence-electron chi connectivity index (χ1n) is 8.42. The van der Waals surface area contributed by atoms with Gasteiger partial charge in [-0.1, -0.05) is 31.6 Å². The van der Waals surface area contributed by atoms with Gasteiger partial charge >= 0.3 is 6.09 Å². The molecule has 1 atom stereocenters. The molecule has 0 N–H and O–H groups in total. The fourth-order valence-corrected chi connectivity index (χ4v) is 3.42. The maximum atomic E-state index is 12.4. The Balaban J connectivity index is 1.93. The number of fused-ring (bicyclic) bond motifs is 1. The number of rotatable bonds is 3. The van der Waals surface area contributed by atoms with E-state index in [1.54, 1.807) is 0 Å². The van der Waals surface area contributed by atoms with Crippen molar-refractivity contribution >= 4 is 6.09 Å². The van der Waals surface area contributed by atoms with Crippen LogP contribution in [0.1, 0.15) is 39.7 Å². The third kappa shape index (κ3) is 2.95. The van der Waals surface area contributed by atoms with E-state index < -0.39 is 0 Å². The van der Waals surface area contributed by atoms with Crippen LogP contribution in [0.3, 0.4) is 0 Å². The van der Waals surface area contributed by atoms with Crippen molar-refractivity contribution < 1.29 is 19.0 Å². The molecule has 0 saturated heterocycles. The van der Waals surface area contributed by atoms with Crippen LogP contribution in [0.15, 0.2) is 29.8 Å². The van der Waals surface area contributed by atoms with E-state index in [4.69, 9.17) is 14.2 Å². The first-order chi connectivity index (χ1) is 11.4. The third-order valence-electron chi connectivity index (χ3n) is 4.98. The number of ether oxygens (including phenoxy) is 3. The number of nitrogens with zero attached hydrogens (tertiary/aromatic N) is 1. The molecule has 0 radical (unpaired) electrons. The number of hydrogen-bond acceptors (Lipinski definition) is 4. The van der Waals surface area contributed by atoms with E-state index in [0.29, 0.717) is 13.2 Å². The minimum Gasteiger partial charge on any atom is -0.454 e. The summed E-state index contributed by atoms with van der Waals surface area (Å²) < 4.78 is 16.2. The van der Waals surface area contributed by atoms with Gasteiger partial charge in [-0.3, -0.25) is 0 Å². The molecule has 1 amide bonds. The molecule has 0 spiro atoms. The van der Waals surface area contributed by atoms with Gasteiger partial charge in [0, 0.05) is 18.0 Å². The molecule has 0 saturated carbocycles. The quantitative estimate of drug-likeness (QED) is 0.789. The first-order valence-corrected chi connectivity index (χ1v) is 8.42. The molecule has 24 heavy (non-hydrogen) atoms. The Kier molecular flexibility index (Phi) is 4.43. The lowest BCUT2D eigenvalue weighted by atomic mass is 9.73. The maximum absolute atomic E-state index is 12.4. The number of carbonyl (C=O) groups is 1.